The van der Waals surface area contributed by atoms with E-state index in [-0.39, 0.29) is 17.0 Å². The highest BCUT2D eigenvalue weighted by Gasteiger charge is 2.28. The zero-order valence-corrected chi connectivity index (χ0v) is 20.9. The average molecular weight is 501 g/mol. The molecule has 0 aliphatic rings. The number of nitrogens with one attached hydrogen (secondary N) is 1. The Balaban J connectivity index is 1.84. The smallest absolute Gasteiger partial charge is 0.243 e. The highest BCUT2D eigenvalue weighted by atomic mass is 32.2. The fourth-order valence-electron chi connectivity index (χ4n) is 3.55. The van der Waals surface area contributed by atoms with Crippen molar-refractivity contribution in [2.75, 3.05) is 20.8 Å². The topological polar surface area (TPSA) is 84.9 Å². The van der Waals surface area contributed by atoms with E-state index in [1.807, 2.05) is 6.92 Å². The number of hydrogen-bond donors (Lipinski definition) is 1. The van der Waals surface area contributed by atoms with E-state index in [0.717, 1.165) is 15.4 Å². The maximum absolute atomic E-state index is 14.4. The molecule has 0 saturated heterocycles. The molecule has 3 aromatic rings. The molecular weight excluding hydrogens is 471 g/mol. The van der Waals surface area contributed by atoms with Gasteiger partial charge in [0.2, 0.25) is 15.9 Å². The second-order valence-corrected chi connectivity index (χ2v) is 10.0. The fourth-order valence-corrected chi connectivity index (χ4v) is 4.93. The molecule has 0 radical (unpaired) electrons. The van der Waals surface area contributed by atoms with Crippen LogP contribution in [0.5, 0.6) is 11.5 Å². The van der Waals surface area contributed by atoms with Crippen molar-refractivity contribution >= 4 is 15.9 Å². The zero-order chi connectivity index (χ0) is 25.6. The zero-order valence-electron chi connectivity index (χ0n) is 20.1. The second kappa shape index (κ2) is 11.3. The molecule has 0 heterocycles. The molecule has 1 N–H and O–H groups in total. The molecule has 35 heavy (non-hydrogen) atoms. The summed E-state index contributed by atoms with van der Waals surface area (Å²) in [5, 5.41) is 2.81. The molecule has 186 valence electrons. The third kappa shape index (κ3) is 6.37. The van der Waals surface area contributed by atoms with Crippen LogP contribution in [0.2, 0.25) is 0 Å². The number of carbonyl (C=O) groups excluding carboxylic acids is 1. The number of methoxy groups -OCH3 is 2. The maximum atomic E-state index is 14.4. The molecule has 0 bridgehead atoms. The summed E-state index contributed by atoms with van der Waals surface area (Å²) in [5.74, 6) is -0.0146. The van der Waals surface area contributed by atoms with Gasteiger partial charge < -0.3 is 14.8 Å². The molecule has 0 aliphatic heterocycles. The van der Waals surface area contributed by atoms with Gasteiger partial charge in [-0.1, -0.05) is 42.0 Å². The predicted molar refractivity (Wildman–Crippen MR) is 131 cm³/mol. The summed E-state index contributed by atoms with van der Waals surface area (Å²) in [5.41, 5.74) is 1.81. The van der Waals surface area contributed by atoms with Crippen LogP contribution in [0.1, 0.15) is 29.7 Å². The Kier molecular flexibility index (Phi) is 8.48. The van der Waals surface area contributed by atoms with Gasteiger partial charge >= 0.3 is 0 Å². The minimum absolute atomic E-state index is 0.0279. The van der Waals surface area contributed by atoms with Crippen LogP contribution in [0, 0.1) is 12.7 Å². The maximum Gasteiger partial charge on any atom is 0.243 e. The predicted octanol–water partition coefficient (Wildman–Crippen LogP) is 4.22. The summed E-state index contributed by atoms with van der Waals surface area (Å²) < 4.78 is 52.7. The van der Waals surface area contributed by atoms with Crippen LogP contribution in [0.4, 0.5) is 4.39 Å². The normalized spacial score (nSPS) is 12.3. The van der Waals surface area contributed by atoms with Crippen molar-refractivity contribution in [1.29, 1.82) is 0 Å². The molecule has 1 amide bonds. The molecule has 0 fully saturated rings. The summed E-state index contributed by atoms with van der Waals surface area (Å²) in [6.45, 7) is 2.84. The molecule has 9 heteroatoms. The fraction of sp³-hybridized carbons (Fsp3) is 0.269. The molecule has 0 saturated carbocycles. The lowest BCUT2D eigenvalue weighted by molar-refractivity contribution is -0.122. The lowest BCUT2D eigenvalue weighted by Crippen LogP contribution is -2.41. The van der Waals surface area contributed by atoms with Crippen LogP contribution in [0.15, 0.2) is 71.6 Å². The van der Waals surface area contributed by atoms with Gasteiger partial charge in [-0.25, -0.2) is 12.8 Å². The summed E-state index contributed by atoms with van der Waals surface area (Å²) in [6.07, 6.45) is 0. The monoisotopic (exact) mass is 500 g/mol. The van der Waals surface area contributed by atoms with E-state index in [9.17, 15) is 17.6 Å². The number of carbonyl (C=O) groups is 1. The van der Waals surface area contributed by atoms with Crippen molar-refractivity contribution in [2.45, 2.75) is 31.3 Å². The number of amides is 1. The number of ether oxygens (including phenoxy) is 2. The Morgan fingerprint density at radius 2 is 1.66 bits per heavy atom. The van der Waals surface area contributed by atoms with E-state index in [1.54, 1.807) is 43.3 Å². The van der Waals surface area contributed by atoms with Gasteiger partial charge in [0.1, 0.15) is 5.82 Å². The van der Waals surface area contributed by atoms with Crippen LogP contribution in [0.25, 0.3) is 0 Å². The van der Waals surface area contributed by atoms with Crippen molar-refractivity contribution in [2.24, 2.45) is 0 Å². The van der Waals surface area contributed by atoms with E-state index in [4.69, 9.17) is 9.47 Å². The number of rotatable bonds is 10. The Labute approximate surface area is 205 Å². The van der Waals surface area contributed by atoms with Crippen molar-refractivity contribution in [3.05, 3.63) is 89.2 Å². The van der Waals surface area contributed by atoms with Gasteiger partial charge in [0.25, 0.3) is 0 Å². The van der Waals surface area contributed by atoms with E-state index in [1.165, 1.54) is 44.6 Å². The van der Waals surface area contributed by atoms with Crippen LogP contribution < -0.4 is 14.8 Å². The second-order valence-electron chi connectivity index (χ2n) is 8.08. The first kappa shape index (κ1) is 26.2. The van der Waals surface area contributed by atoms with Crippen molar-refractivity contribution in [3.63, 3.8) is 0 Å². The van der Waals surface area contributed by atoms with Crippen molar-refractivity contribution in [1.82, 2.24) is 9.62 Å². The van der Waals surface area contributed by atoms with Gasteiger partial charge in [0.05, 0.1) is 31.7 Å². The minimum atomic E-state index is -4.08. The van der Waals surface area contributed by atoms with Gasteiger partial charge in [0, 0.05) is 12.1 Å². The number of sulfonamides is 1. The van der Waals surface area contributed by atoms with E-state index in [2.05, 4.69) is 5.32 Å². The van der Waals surface area contributed by atoms with Gasteiger partial charge in [-0.3, -0.25) is 4.79 Å². The first-order chi connectivity index (χ1) is 16.6. The van der Waals surface area contributed by atoms with Crippen molar-refractivity contribution in [3.8, 4) is 11.5 Å². The Morgan fingerprint density at radius 3 is 2.29 bits per heavy atom. The first-order valence-corrected chi connectivity index (χ1v) is 12.4. The third-order valence-corrected chi connectivity index (χ3v) is 7.37. The summed E-state index contributed by atoms with van der Waals surface area (Å²) in [6, 6.07) is 17.0. The van der Waals surface area contributed by atoms with Crippen LogP contribution in [-0.4, -0.2) is 39.4 Å². The number of aryl methyl sites for hydroxylation is 1. The van der Waals surface area contributed by atoms with Gasteiger partial charge in [-0.2, -0.15) is 4.31 Å². The molecule has 7 nitrogen and oxygen atoms in total. The van der Waals surface area contributed by atoms with E-state index >= 15 is 0 Å². The molecule has 0 spiro atoms. The molecule has 3 rings (SSSR count). The summed E-state index contributed by atoms with van der Waals surface area (Å²) in [4.78, 5) is 13.0. The molecule has 3 aromatic carbocycles. The average Bonchev–Trinajstić information content (AvgIpc) is 2.84. The Hall–Kier alpha value is -3.43. The standard InChI is InChI=1S/C26H29FN2O5S/c1-18-9-12-22(13-10-18)35(31,32)29(16-21-7-5-6-8-23(21)27)17-26(30)28-19(2)20-11-14-24(33-3)25(15-20)34-4/h5-15,19H,16-17H2,1-4H3,(H,28,30). The highest BCUT2D eigenvalue weighted by Crippen LogP contribution is 2.30. The summed E-state index contributed by atoms with van der Waals surface area (Å²) in [7, 11) is -1.03. The minimum Gasteiger partial charge on any atom is -0.493 e. The molecule has 0 aromatic heterocycles. The van der Waals surface area contributed by atoms with Crippen LogP contribution in [0.3, 0.4) is 0 Å². The SMILES string of the molecule is COc1ccc(C(C)NC(=O)CN(Cc2ccccc2F)S(=O)(=O)c2ccc(C)cc2)cc1OC. The van der Waals surface area contributed by atoms with Gasteiger partial charge in [-0.05, 0) is 49.7 Å². The van der Waals surface area contributed by atoms with Crippen molar-refractivity contribution < 1.29 is 27.1 Å². The van der Waals surface area contributed by atoms with Crippen LogP contribution in [-0.2, 0) is 21.4 Å². The third-order valence-electron chi connectivity index (χ3n) is 5.57. The lowest BCUT2D eigenvalue weighted by Gasteiger charge is -2.24. The van der Waals surface area contributed by atoms with Crippen LogP contribution >= 0.6 is 0 Å². The molecule has 1 atom stereocenters. The summed E-state index contributed by atoms with van der Waals surface area (Å²) >= 11 is 0. The van der Waals surface area contributed by atoms with Gasteiger partial charge in [-0.15, -0.1) is 0 Å². The largest absolute Gasteiger partial charge is 0.493 e. The number of nitrogens with zero attached hydrogens (tertiary/aromatic N) is 1. The van der Waals surface area contributed by atoms with Gasteiger partial charge in [0.15, 0.2) is 11.5 Å². The molecular formula is C26H29FN2O5S. The number of hydrogen-bond acceptors (Lipinski definition) is 5. The number of benzene rings is 3. The lowest BCUT2D eigenvalue weighted by atomic mass is 10.1. The molecule has 1 unspecified atom stereocenters. The molecule has 0 aliphatic carbocycles. The van der Waals surface area contributed by atoms with E-state index in [0.29, 0.717) is 11.5 Å². The first-order valence-electron chi connectivity index (χ1n) is 11.0. The Morgan fingerprint density at radius 1 is 1.00 bits per heavy atom. The number of halogens is 1. The van der Waals surface area contributed by atoms with E-state index < -0.39 is 34.3 Å². The quantitative estimate of drug-likeness (QED) is 0.451. The Bertz CT molecular complexity index is 1280. The highest BCUT2D eigenvalue weighted by molar-refractivity contribution is 7.89.